The van der Waals surface area contributed by atoms with Gasteiger partial charge in [-0.3, -0.25) is 4.79 Å². The number of amides is 1. The summed E-state index contributed by atoms with van der Waals surface area (Å²) in [6.45, 7) is 3.13. The summed E-state index contributed by atoms with van der Waals surface area (Å²) >= 11 is 1.46. The minimum Gasteiger partial charge on any atom is -1.00 e. The molecule has 84 valence electrons. The predicted octanol–water partition coefficient (Wildman–Crippen LogP) is -3.69. The first-order valence-electron chi connectivity index (χ1n) is 4.63. The van der Waals surface area contributed by atoms with Crippen molar-refractivity contribution in [1.29, 1.82) is 0 Å². The van der Waals surface area contributed by atoms with Gasteiger partial charge in [-0.25, -0.2) is 5.01 Å². The van der Waals surface area contributed by atoms with Gasteiger partial charge < -0.3 is 17.1 Å². The molecule has 1 saturated heterocycles. The summed E-state index contributed by atoms with van der Waals surface area (Å²) in [4.78, 5) is 12.4. The Balaban J connectivity index is 0.00000112. The molecule has 0 saturated carbocycles. The fourth-order valence-electron chi connectivity index (χ4n) is 1.37. The van der Waals surface area contributed by atoms with Crippen LogP contribution in [0.3, 0.4) is 0 Å². The largest absolute Gasteiger partial charge is 1.00 e. The highest BCUT2D eigenvalue weighted by Crippen LogP contribution is 2.06. The molecule has 1 amide bonds. The van der Waals surface area contributed by atoms with Crippen LogP contribution in [-0.4, -0.2) is 32.2 Å². The summed E-state index contributed by atoms with van der Waals surface area (Å²) < 4.78 is 5.20. The van der Waals surface area contributed by atoms with E-state index >= 15 is 0 Å². The van der Waals surface area contributed by atoms with Crippen LogP contribution in [-0.2, 0) is 4.74 Å². The second kappa shape index (κ2) is 6.07. The molecule has 1 aliphatic heterocycles. The van der Waals surface area contributed by atoms with Crippen LogP contribution in [0.2, 0.25) is 0 Å². The predicted molar refractivity (Wildman–Crippen MR) is 53.3 cm³/mol. The highest BCUT2D eigenvalue weighted by atomic mass is 35.5. The molecule has 6 heteroatoms. The number of hydrogen-bond donors (Lipinski definition) is 2. The van der Waals surface area contributed by atoms with Crippen molar-refractivity contribution >= 4 is 17.2 Å². The maximum Gasteiger partial charge on any atom is 0.305 e. The Bertz CT molecular complexity index is 299. The van der Waals surface area contributed by atoms with E-state index in [-0.39, 0.29) is 18.3 Å². The van der Waals surface area contributed by atoms with Crippen LogP contribution in [0.5, 0.6) is 0 Å². The minimum atomic E-state index is 0. The second-order valence-electron chi connectivity index (χ2n) is 3.15. The average Bonchev–Trinajstić information content (AvgIpc) is 2.72. The van der Waals surface area contributed by atoms with Crippen molar-refractivity contribution in [2.45, 2.75) is 0 Å². The standard InChI is InChI=1S/C9H12N2O2S.ClH/c12-9(8-2-1-7-14-8)10-11-3-5-13-6-4-11;/h1-2,7H,3-6H2,(H,10,12);1H. The van der Waals surface area contributed by atoms with Crippen LogP contribution >= 0.6 is 11.3 Å². The molecule has 0 spiro atoms. The molecule has 2 rings (SSSR count). The van der Waals surface area contributed by atoms with Crippen molar-refractivity contribution in [2.24, 2.45) is 0 Å². The van der Waals surface area contributed by atoms with Crippen molar-refractivity contribution in [3.63, 3.8) is 0 Å². The first kappa shape index (κ1) is 12.4. The van der Waals surface area contributed by atoms with Gasteiger partial charge in [0.25, 0.3) is 0 Å². The Morgan fingerprint density at radius 2 is 2.20 bits per heavy atom. The number of morpholine rings is 1. The maximum atomic E-state index is 11.6. The number of hydrogen-bond acceptors (Lipinski definition) is 3. The molecule has 15 heavy (non-hydrogen) atoms. The quantitative estimate of drug-likeness (QED) is 0.566. The zero-order valence-corrected chi connectivity index (χ0v) is 9.74. The van der Waals surface area contributed by atoms with Crippen molar-refractivity contribution in [3.8, 4) is 0 Å². The molecule has 0 unspecified atom stereocenters. The van der Waals surface area contributed by atoms with Gasteiger partial charge in [-0.15, -0.1) is 11.3 Å². The normalized spacial score (nSPS) is 16.8. The van der Waals surface area contributed by atoms with Crippen molar-refractivity contribution in [2.75, 3.05) is 26.3 Å². The maximum absolute atomic E-state index is 11.6. The van der Waals surface area contributed by atoms with E-state index in [0.717, 1.165) is 36.2 Å². The second-order valence-corrected chi connectivity index (χ2v) is 4.10. The summed E-state index contributed by atoms with van der Waals surface area (Å²) in [5.41, 5.74) is 2.93. The van der Waals surface area contributed by atoms with E-state index in [9.17, 15) is 4.79 Å². The van der Waals surface area contributed by atoms with E-state index in [1.807, 2.05) is 17.5 Å². The van der Waals surface area contributed by atoms with Crippen LogP contribution in [0, 0.1) is 0 Å². The number of nitrogens with one attached hydrogen (secondary N) is 2. The smallest absolute Gasteiger partial charge is 0.305 e. The third kappa shape index (κ3) is 3.46. The Morgan fingerprint density at radius 3 is 2.80 bits per heavy atom. The highest BCUT2D eigenvalue weighted by Gasteiger charge is 2.17. The van der Waals surface area contributed by atoms with Crippen molar-refractivity contribution < 1.29 is 26.9 Å². The lowest BCUT2D eigenvalue weighted by Gasteiger charge is -2.22. The van der Waals surface area contributed by atoms with Gasteiger partial charge in [-0.1, -0.05) is 6.07 Å². The molecule has 0 aliphatic carbocycles. The van der Waals surface area contributed by atoms with Crippen LogP contribution in [0.1, 0.15) is 9.67 Å². The number of thiophene rings is 1. The van der Waals surface area contributed by atoms with Crippen molar-refractivity contribution in [1.82, 2.24) is 5.43 Å². The highest BCUT2D eigenvalue weighted by molar-refractivity contribution is 7.12. The van der Waals surface area contributed by atoms with Crippen LogP contribution in [0.4, 0.5) is 0 Å². The van der Waals surface area contributed by atoms with Crippen LogP contribution in [0.25, 0.3) is 0 Å². The zero-order valence-electron chi connectivity index (χ0n) is 8.16. The van der Waals surface area contributed by atoms with Gasteiger partial charge in [0.05, 0.1) is 18.1 Å². The lowest BCUT2D eigenvalue weighted by Crippen LogP contribution is -3.20. The third-order valence-electron chi connectivity index (χ3n) is 2.13. The summed E-state index contributed by atoms with van der Waals surface area (Å²) in [7, 11) is 0. The number of quaternary nitrogens is 1. The van der Waals surface area contributed by atoms with Crippen LogP contribution < -0.4 is 22.8 Å². The van der Waals surface area contributed by atoms with E-state index in [1.54, 1.807) is 0 Å². The fraction of sp³-hybridized carbons (Fsp3) is 0.444. The molecular formula is C9H13ClN2O2S. The molecule has 0 bridgehead atoms. The van der Waals surface area contributed by atoms with E-state index in [2.05, 4.69) is 5.43 Å². The van der Waals surface area contributed by atoms with Gasteiger partial charge in [0.15, 0.2) is 0 Å². The van der Waals surface area contributed by atoms with Gasteiger partial charge in [0.1, 0.15) is 13.1 Å². The summed E-state index contributed by atoms with van der Waals surface area (Å²) in [6, 6.07) is 3.72. The third-order valence-corrected chi connectivity index (χ3v) is 3.00. The molecule has 0 atom stereocenters. The lowest BCUT2D eigenvalue weighted by atomic mass is 10.4. The number of carbonyl (C=O) groups is 1. The molecule has 1 aromatic rings. The van der Waals surface area contributed by atoms with E-state index in [0.29, 0.717) is 0 Å². The van der Waals surface area contributed by atoms with Gasteiger partial charge in [-0.2, -0.15) is 5.43 Å². The zero-order chi connectivity index (χ0) is 9.80. The SMILES string of the molecule is O=C(N[NH+]1CCOCC1)c1cccs1.[Cl-]. The summed E-state index contributed by atoms with van der Waals surface area (Å²) in [6.07, 6.45) is 0. The van der Waals surface area contributed by atoms with Gasteiger partial charge in [0, 0.05) is 0 Å². The molecule has 2 N–H and O–H groups in total. The lowest BCUT2D eigenvalue weighted by molar-refractivity contribution is -0.942. The summed E-state index contributed by atoms with van der Waals surface area (Å²) in [5.74, 6) is 0.0110. The molecule has 1 aliphatic rings. The Labute approximate surface area is 98.6 Å². The molecule has 0 radical (unpaired) electrons. The topological polar surface area (TPSA) is 42.8 Å². The van der Waals surface area contributed by atoms with Crippen molar-refractivity contribution in [3.05, 3.63) is 22.4 Å². The Morgan fingerprint density at radius 1 is 1.47 bits per heavy atom. The first-order chi connectivity index (χ1) is 6.86. The average molecular weight is 249 g/mol. The fourth-order valence-corrected chi connectivity index (χ4v) is 1.99. The number of rotatable bonds is 2. The molecular weight excluding hydrogens is 236 g/mol. The molecule has 4 nitrogen and oxygen atoms in total. The Kier molecular flexibility index (Phi) is 5.04. The van der Waals surface area contributed by atoms with E-state index in [4.69, 9.17) is 4.74 Å². The van der Waals surface area contributed by atoms with Gasteiger partial charge >= 0.3 is 5.91 Å². The van der Waals surface area contributed by atoms with E-state index < -0.39 is 0 Å². The van der Waals surface area contributed by atoms with Crippen LogP contribution in [0.15, 0.2) is 17.5 Å². The number of ether oxygens (including phenoxy) is 1. The van der Waals surface area contributed by atoms with E-state index in [1.165, 1.54) is 11.3 Å². The summed E-state index contributed by atoms with van der Waals surface area (Å²) in [5, 5.41) is 3.00. The van der Waals surface area contributed by atoms with Gasteiger partial charge in [0.2, 0.25) is 0 Å². The molecule has 2 heterocycles. The Hall–Kier alpha value is -0.620. The number of carbonyl (C=O) groups excluding carboxylic acids is 1. The number of halogens is 1. The minimum absolute atomic E-state index is 0. The molecule has 1 fully saturated rings. The first-order valence-corrected chi connectivity index (χ1v) is 5.51. The monoisotopic (exact) mass is 248 g/mol. The molecule has 1 aromatic heterocycles. The molecule has 0 aromatic carbocycles. The van der Waals surface area contributed by atoms with Gasteiger partial charge in [-0.05, 0) is 11.4 Å².